The minimum absolute atomic E-state index is 0.368. The summed E-state index contributed by atoms with van der Waals surface area (Å²) >= 11 is 0. The highest BCUT2D eigenvalue weighted by Gasteiger charge is 2.46. The quantitative estimate of drug-likeness (QED) is 0.727. The number of ether oxygens (including phenoxy) is 2. The Kier molecular flexibility index (Phi) is 2.36. The van der Waals surface area contributed by atoms with Crippen molar-refractivity contribution in [2.45, 2.75) is 37.9 Å². The lowest BCUT2D eigenvalue weighted by molar-refractivity contribution is -0.224. The van der Waals surface area contributed by atoms with Crippen molar-refractivity contribution in [1.29, 1.82) is 0 Å². The normalized spacial score (nSPS) is 32.4. The van der Waals surface area contributed by atoms with Gasteiger partial charge in [0.05, 0.1) is 0 Å². The smallest absolute Gasteiger partial charge is 0.213 e. The largest absolute Gasteiger partial charge is 0.462 e. The molecule has 3 rings (SSSR count). The van der Waals surface area contributed by atoms with E-state index >= 15 is 0 Å². The third-order valence-electron chi connectivity index (χ3n) is 3.90. The van der Waals surface area contributed by atoms with E-state index in [1.54, 1.807) is 13.3 Å². The van der Waals surface area contributed by atoms with Gasteiger partial charge in [0.25, 0.3) is 0 Å². The summed E-state index contributed by atoms with van der Waals surface area (Å²) in [4.78, 5) is 4.16. The van der Waals surface area contributed by atoms with Crippen molar-refractivity contribution < 1.29 is 9.47 Å². The molecule has 1 aliphatic heterocycles. The summed E-state index contributed by atoms with van der Waals surface area (Å²) in [6, 6.07) is 1.95. The summed E-state index contributed by atoms with van der Waals surface area (Å²) in [6.07, 6.45) is 9.43. The Balaban J connectivity index is 1.98. The van der Waals surface area contributed by atoms with Gasteiger partial charge < -0.3 is 9.47 Å². The molecule has 16 heavy (non-hydrogen) atoms. The molecule has 2 aliphatic rings. The summed E-state index contributed by atoms with van der Waals surface area (Å²) in [7, 11) is 1.77. The number of aromatic nitrogens is 1. The summed E-state index contributed by atoms with van der Waals surface area (Å²) in [6.45, 7) is 0. The second kappa shape index (κ2) is 3.74. The molecule has 0 unspecified atom stereocenters. The van der Waals surface area contributed by atoms with E-state index in [1.165, 1.54) is 24.8 Å². The van der Waals surface area contributed by atoms with Gasteiger partial charge in [-0.15, -0.1) is 0 Å². The van der Waals surface area contributed by atoms with Crippen LogP contribution in [0.4, 0.5) is 0 Å². The van der Waals surface area contributed by atoms with Gasteiger partial charge in [-0.2, -0.15) is 0 Å². The zero-order valence-corrected chi connectivity index (χ0v) is 9.61. The van der Waals surface area contributed by atoms with Crippen LogP contribution in [0.2, 0.25) is 0 Å². The molecule has 1 fully saturated rings. The lowest BCUT2D eigenvalue weighted by Gasteiger charge is -2.46. The number of fused-ring (bicyclic) bond motifs is 2. The highest BCUT2D eigenvalue weighted by Crippen LogP contribution is 2.44. The van der Waals surface area contributed by atoms with Crippen LogP contribution in [0.15, 0.2) is 18.5 Å². The third kappa shape index (κ3) is 1.42. The molecule has 3 nitrogen and oxygen atoms in total. The molecule has 0 bridgehead atoms. The van der Waals surface area contributed by atoms with Crippen LogP contribution in [0, 0.1) is 5.92 Å². The van der Waals surface area contributed by atoms with E-state index in [0.29, 0.717) is 5.92 Å². The second-order valence-electron chi connectivity index (χ2n) is 4.75. The lowest BCUT2D eigenvalue weighted by Crippen LogP contribution is -2.51. The van der Waals surface area contributed by atoms with Crippen LogP contribution in [-0.4, -0.2) is 17.9 Å². The van der Waals surface area contributed by atoms with Crippen LogP contribution >= 0.6 is 0 Å². The number of hydrogen-bond acceptors (Lipinski definition) is 3. The SMILES string of the molecule is CO[C@@]12CCCC[C@@H]1Cc1cnccc1O2. The molecule has 3 heteroatoms. The summed E-state index contributed by atoms with van der Waals surface area (Å²) < 4.78 is 11.8. The van der Waals surface area contributed by atoms with Crippen LogP contribution < -0.4 is 4.74 Å². The van der Waals surface area contributed by atoms with Gasteiger partial charge in [-0.1, -0.05) is 6.42 Å². The van der Waals surface area contributed by atoms with Gasteiger partial charge in [-0.3, -0.25) is 4.98 Å². The van der Waals surface area contributed by atoms with Crippen molar-refractivity contribution in [2.75, 3.05) is 7.11 Å². The first-order valence-electron chi connectivity index (χ1n) is 6.01. The standard InChI is InChI=1S/C13H17NO2/c1-15-13-6-3-2-4-11(13)8-10-9-14-7-5-12(10)16-13/h5,7,9,11H,2-4,6,8H2,1H3/t11-,13-/m1/s1. The monoisotopic (exact) mass is 219 g/mol. The fraction of sp³-hybridized carbons (Fsp3) is 0.615. The van der Waals surface area contributed by atoms with E-state index in [4.69, 9.17) is 9.47 Å². The second-order valence-corrected chi connectivity index (χ2v) is 4.75. The van der Waals surface area contributed by atoms with Crippen LogP contribution in [0.25, 0.3) is 0 Å². The highest BCUT2D eigenvalue weighted by atomic mass is 16.7. The zero-order valence-electron chi connectivity index (χ0n) is 9.61. The Morgan fingerprint density at radius 3 is 3.31 bits per heavy atom. The van der Waals surface area contributed by atoms with Crippen LogP contribution in [0.5, 0.6) is 5.75 Å². The summed E-state index contributed by atoms with van der Waals surface area (Å²) in [5, 5.41) is 0. The van der Waals surface area contributed by atoms with Gasteiger partial charge in [0.15, 0.2) is 0 Å². The average molecular weight is 219 g/mol. The van der Waals surface area contributed by atoms with E-state index < -0.39 is 0 Å². The van der Waals surface area contributed by atoms with Gasteiger partial charge in [0.1, 0.15) is 5.75 Å². The van der Waals surface area contributed by atoms with Crippen LogP contribution in [0.1, 0.15) is 31.2 Å². The Hall–Kier alpha value is -1.09. The molecule has 0 N–H and O–H groups in total. The van der Waals surface area contributed by atoms with E-state index in [1.807, 2.05) is 12.3 Å². The highest BCUT2D eigenvalue weighted by molar-refractivity contribution is 5.33. The van der Waals surface area contributed by atoms with E-state index in [9.17, 15) is 0 Å². The number of hydrogen-bond donors (Lipinski definition) is 0. The van der Waals surface area contributed by atoms with Crippen molar-refractivity contribution in [3.8, 4) is 5.75 Å². The average Bonchev–Trinajstić information content (AvgIpc) is 2.36. The van der Waals surface area contributed by atoms with Crippen molar-refractivity contribution in [3.05, 3.63) is 24.0 Å². The maximum atomic E-state index is 6.11. The fourth-order valence-corrected chi connectivity index (χ4v) is 3.01. The van der Waals surface area contributed by atoms with Gasteiger partial charge >= 0.3 is 0 Å². The maximum Gasteiger partial charge on any atom is 0.213 e. The lowest BCUT2D eigenvalue weighted by atomic mass is 9.78. The predicted octanol–water partition coefficient (Wildman–Crippen LogP) is 2.55. The Morgan fingerprint density at radius 1 is 1.50 bits per heavy atom. The molecule has 1 saturated carbocycles. The minimum atomic E-state index is -0.368. The molecule has 1 aromatic rings. The zero-order chi connectivity index (χ0) is 11.0. The number of nitrogens with zero attached hydrogens (tertiary/aromatic N) is 1. The molecule has 0 radical (unpaired) electrons. The van der Waals surface area contributed by atoms with E-state index in [-0.39, 0.29) is 5.79 Å². The van der Waals surface area contributed by atoms with Gasteiger partial charge in [-0.25, -0.2) is 0 Å². The summed E-state index contributed by atoms with van der Waals surface area (Å²) in [5.74, 6) is 1.07. The fourth-order valence-electron chi connectivity index (χ4n) is 3.01. The molecular formula is C13H17NO2. The first-order chi connectivity index (χ1) is 7.84. The number of pyridine rings is 1. The van der Waals surface area contributed by atoms with Crippen LogP contribution in [-0.2, 0) is 11.2 Å². The Morgan fingerprint density at radius 2 is 2.44 bits per heavy atom. The Bertz CT molecular complexity index is 393. The summed E-state index contributed by atoms with van der Waals surface area (Å²) in [5.41, 5.74) is 1.22. The first-order valence-corrected chi connectivity index (χ1v) is 6.01. The Labute approximate surface area is 95.8 Å². The first kappa shape index (κ1) is 10.1. The predicted molar refractivity (Wildman–Crippen MR) is 60.3 cm³/mol. The van der Waals surface area contributed by atoms with E-state index in [0.717, 1.165) is 18.6 Å². The van der Waals surface area contributed by atoms with Crippen molar-refractivity contribution in [2.24, 2.45) is 5.92 Å². The molecule has 0 amide bonds. The molecule has 0 spiro atoms. The van der Waals surface area contributed by atoms with E-state index in [2.05, 4.69) is 4.98 Å². The number of methoxy groups -OCH3 is 1. The maximum absolute atomic E-state index is 6.11. The van der Waals surface area contributed by atoms with Gasteiger partial charge in [-0.05, 0) is 25.3 Å². The number of rotatable bonds is 1. The van der Waals surface area contributed by atoms with Gasteiger partial charge in [0, 0.05) is 37.4 Å². The van der Waals surface area contributed by atoms with Crippen molar-refractivity contribution >= 4 is 0 Å². The van der Waals surface area contributed by atoms with Crippen molar-refractivity contribution in [1.82, 2.24) is 4.98 Å². The van der Waals surface area contributed by atoms with Gasteiger partial charge in [0.2, 0.25) is 5.79 Å². The topological polar surface area (TPSA) is 31.4 Å². The third-order valence-corrected chi connectivity index (χ3v) is 3.90. The molecule has 2 heterocycles. The molecule has 1 aromatic heterocycles. The molecular weight excluding hydrogens is 202 g/mol. The molecule has 2 atom stereocenters. The molecule has 86 valence electrons. The molecule has 0 aromatic carbocycles. The molecule has 0 saturated heterocycles. The van der Waals surface area contributed by atoms with Crippen LogP contribution in [0.3, 0.4) is 0 Å². The minimum Gasteiger partial charge on any atom is -0.462 e. The van der Waals surface area contributed by atoms with Crippen molar-refractivity contribution in [3.63, 3.8) is 0 Å². The molecule has 1 aliphatic carbocycles.